The van der Waals surface area contributed by atoms with Crippen LogP contribution >= 0.6 is 0 Å². The Bertz CT molecular complexity index is 297. The van der Waals surface area contributed by atoms with E-state index in [9.17, 15) is 0 Å². The first-order valence-corrected chi connectivity index (χ1v) is 4.84. The van der Waals surface area contributed by atoms with Gasteiger partial charge in [0.05, 0.1) is 11.4 Å². The number of allylic oxidation sites excluding steroid dienone is 1. The normalized spacial score (nSPS) is 9.43. The predicted molar refractivity (Wildman–Crippen MR) is 64.3 cm³/mol. The van der Waals surface area contributed by atoms with Gasteiger partial charge in [0, 0.05) is 7.05 Å². The molecule has 0 saturated carbocycles. The molecule has 1 aromatic heterocycles. The molecule has 0 radical (unpaired) electrons. The number of hydrogen-bond acceptors (Lipinski definition) is 2. The maximum atomic E-state index is 4.23. The Hall–Kier alpha value is -1.51. The zero-order valence-electron chi connectivity index (χ0n) is 9.39. The average Bonchev–Trinajstić information content (AvgIpc) is 2.64. The molecule has 0 amide bonds. The fourth-order valence-corrected chi connectivity index (χ4v) is 0.968. The lowest BCUT2D eigenvalue weighted by Crippen LogP contribution is -1.88. The highest BCUT2D eigenvalue weighted by Crippen LogP contribution is 2.11. The second kappa shape index (κ2) is 6.95. The van der Waals surface area contributed by atoms with Gasteiger partial charge in [0.2, 0.25) is 5.95 Å². The van der Waals surface area contributed by atoms with E-state index in [0.717, 1.165) is 17.3 Å². The molecule has 0 unspecified atom stereocenters. The number of aromatic nitrogens is 2. The Morgan fingerprint density at radius 3 is 2.50 bits per heavy atom. The lowest BCUT2D eigenvalue weighted by Gasteiger charge is -1.88. The topological polar surface area (TPSA) is 40.7 Å². The Kier molecular flexibility index (Phi) is 6.20. The summed E-state index contributed by atoms with van der Waals surface area (Å²) >= 11 is 0. The number of hydrogen-bond donors (Lipinski definition) is 2. The van der Waals surface area contributed by atoms with Crippen LogP contribution in [0.15, 0.2) is 12.7 Å². The largest absolute Gasteiger partial charge is 0.359 e. The maximum absolute atomic E-state index is 4.23. The molecule has 0 bridgehead atoms. The Morgan fingerprint density at radius 2 is 2.07 bits per heavy atom. The minimum Gasteiger partial charge on any atom is -0.359 e. The lowest BCUT2D eigenvalue weighted by molar-refractivity contribution is 1.25. The first-order valence-electron chi connectivity index (χ1n) is 4.84. The third kappa shape index (κ3) is 3.09. The number of rotatable bonds is 3. The van der Waals surface area contributed by atoms with Crippen molar-refractivity contribution in [3.05, 3.63) is 24.0 Å². The molecule has 0 aromatic carbocycles. The summed E-state index contributed by atoms with van der Waals surface area (Å²) in [5.74, 6) is 0.762. The fraction of sp³-hybridized carbons (Fsp3) is 0.364. The van der Waals surface area contributed by atoms with Crippen LogP contribution in [0.25, 0.3) is 12.2 Å². The summed E-state index contributed by atoms with van der Waals surface area (Å²) in [6, 6.07) is 0. The van der Waals surface area contributed by atoms with Crippen LogP contribution in [0.5, 0.6) is 0 Å². The summed E-state index contributed by atoms with van der Waals surface area (Å²) in [5, 5.41) is 2.93. The van der Waals surface area contributed by atoms with Gasteiger partial charge < -0.3 is 10.3 Å². The molecule has 1 rings (SSSR count). The van der Waals surface area contributed by atoms with Crippen molar-refractivity contribution in [3.63, 3.8) is 0 Å². The average molecular weight is 193 g/mol. The molecule has 2 N–H and O–H groups in total. The van der Waals surface area contributed by atoms with Crippen LogP contribution in [0.2, 0.25) is 0 Å². The number of nitrogens with zero attached hydrogens (tertiary/aromatic N) is 1. The van der Waals surface area contributed by atoms with Gasteiger partial charge in [-0.05, 0) is 19.1 Å². The molecule has 0 spiro atoms. The van der Waals surface area contributed by atoms with E-state index in [1.165, 1.54) is 0 Å². The van der Waals surface area contributed by atoms with E-state index in [-0.39, 0.29) is 0 Å². The summed E-state index contributed by atoms with van der Waals surface area (Å²) in [6.07, 6.45) is 5.65. The van der Waals surface area contributed by atoms with E-state index in [0.29, 0.717) is 0 Å². The van der Waals surface area contributed by atoms with Crippen molar-refractivity contribution in [1.29, 1.82) is 0 Å². The molecule has 78 valence electrons. The molecule has 0 fully saturated rings. The van der Waals surface area contributed by atoms with E-state index in [1.807, 2.05) is 40.0 Å². The number of imidazole rings is 1. The standard InChI is InChI=1S/C9H13N3.C2H6/c1-4-6-8-7(5-2)11-9(10-3)12-8;1-2/h4-6H,2H2,1,3H3,(H2,10,11,12);1-2H3/b6-4-;. The quantitative estimate of drug-likeness (QED) is 0.774. The zero-order chi connectivity index (χ0) is 11.0. The molecular weight excluding hydrogens is 174 g/mol. The third-order valence-corrected chi connectivity index (χ3v) is 1.52. The third-order valence-electron chi connectivity index (χ3n) is 1.52. The Balaban J connectivity index is 0.000000791. The maximum Gasteiger partial charge on any atom is 0.200 e. The van der Waals surface area contributed by atoms with Gasteiger partial charge in [-0.2, -0.15) is 0 Å². The highest BCUT2D eigenvalue weighted by Gasteiger charge is 2.01. The molecule has 0 aliphatic heterocycles. The smallest absolute Gasteiger partial charge is 0.200 e. The van der Waals surface area contributed by atoms with Crippen LogP contribution in [0.1, 0.15) is 32.2 Å². The molecule has 0 saturated heterocycles. The number of anilines is 1. The summed E-state index contributed by atoms with van der Waals surface area (Å²) in [4.78, 5) is 7.33. The van der Waals surface area contributed by atoms with Crippen molar-refractivity contribution in [2.45, 2.75) is 20.8 Å². The van der Waals surface area contributed by atoms with E-state index in [1.54, 1.807) is 6.08 Å². The number of nitrogens with one attached hydrogen (secondary N) is 2. The zero-order valence-corrected chi connectivity index (χ0v) is 9.39. The van der Waals surface area contributed by atoms with E-state index < -0.39 is 0 Å². The molecule has 1 aromatic rings. The van der Waals surface area contributed by atoms with Crippen LogP contribution in [-0.2, 0) is 0 Å². The van der Waals surface area contributed by atoms with Gasteiger partial charge in [0.1, 0.15) is 0 Å². The highest BCUT2D eigenvalue weighted by molar-refractivity contribution is 5.61. The van der Waals surface area contributed by atoms with Crippen molar-refractivity contribution >= 4 is 18.1 Å². The molecule has 1 heterocycles. The van der Waals surface area contributed by atoms with Gasteiger partial charge in [-0.25, -0.2) is 4.98 Å². The van der Waals surface area contributed by atoms with Gasteiger partial charge >= 0.3 is 0 Å². The van der Waals surface area contributed by atoms with Crippen LogP contribution in [-0.4, -0.2) is 17.0 Å². The van der Waals surface area contributed by atoms with Crippen molar-refractivity contribution in [1.82, 2.24) is 9.97 Å². The molecule has 3 heteroatoms. The monoisotopic (exact) mass is 193 g/mol. The number of H-pyrrole nitrogens is 1. The highest BCUT2D eigenvalue weighted by atomic mass is 15.1. The fourth-order valence-electron chi connectivity index (χ4n) is 0.968. The summed E-state index contributed by atoms with van der Waals surface area (Å²) in [5.41, 5.74) is 1.86. The van der Waals surface area contributed by atoms with E-state index >= 15 is 0 Å². The van der Waals surface area contributed by atoms with E-state index in [4.69, 9.17) is 0 Å². The van der Waals surface area contributed by atoms with Crippen LogP contribution in [0.4, 0.5) is 5.95 Å². The first-order chi connectivity index (χ1) is 6.81. The molecular formula is C11H19N3. The first kappa shape index (κ1) is 12.5. The van der Waals surface area contributed by atoms with Crippen LogP contribution < -0.4 is 5.32 Å². The van der Waals surface area contributed by atoms with Gasteiger partial charge in [-0.3, -0.25) is 0 Å². The minimum absolute atomic E-state index is 0.762. The van der Waals surface area contributed by atoms with E-state index in [2.05, 4.69) is 21.9 Å². The molecule has 14 heavy (non-hydrogen) atoms. The Labute approximate surface area is 86.0 Å². The predicted octanol–water partition coefficient (Wildman–Crippen LogP) is 3.15. The van der Waals surface area contributed by atoms with Crippen LogP contribution in [0, 0.1) is 0 Å². The minimum atomic E-state index is 0.762. The second-order valence-electron chi connectivity index (χ2n) is 2.34. The van der Waals surface area contributed by atoms with Crippen molar-refractivity contribution in [2.75, 3.05) is 12.4 Å². The Morgan fingerprint density at radius 1 is 1.43 bits per heavy atom. The molecule has 0 aliphatic carbocycles. The SMILES string of the molecule is C=Cc1nc(NC)[nH]c1/C=C\C.CC. The molecule has 0 aliphatic rings. The van der Waals surface area contributed by atoms with Gasteiger partial charge in [-0.15, -0.1) is 0 Å². The summed E-state index contributed by atoms with van der Waals surface area (Å²) < 4.78 is 0. The van der Waals surface area contributed by atoms with Gasteiger partial charge in [-0.1, -0.05) is 26.5 Å². The van der Waals surface area contributed by atoms with Crippen LogP contribution in [0.3, 0.4) is 0 Å². The molecule has 3 nitrogen and oxygen atoms in total. The van der Waals surface area contributed by atoms with Crippen molar-refractivity contribution in [3.8, 4) is 0 Å². The second-order valence-corrected chi connectivity index (χ2v) is 2.34. The summed E-state index contributed by atoms with van der Waals surface area (Å²) in [7, 11) is 1.82. The van der Waals surface area contributed by atoms with Gasteiger partial charge in [0.25, 0.3) is 0 Å². The summed E-state index contributed by atoms with van der Waals surface area (Å²) in [6.45, 7) is 9.64. The number of aromatic amines is 1. The lowest BCUT2D eigenvalue weighted by atomic mass is 10.3. The molecule has 0 atom stereocenters. The van der Waals surface area contributed by atoms with Crippen molar-refractivity contribution in [2.24, 2.45) is 0 Å². The van der Waals surface area contributed by atoms with Crippen molar-refractivity contribution < 1.29 is 0 Å². The van der Waals surface area contributed by atoms with Gasteiger partial charge in [0.15, 0.2) is 0 Å².